The van der Waals surface area contributed by atoms with Crippen molar-refractivity contribution in [2.45, 2.75) is 37.0 Å². The van der Waals surface area contributed by atoms with Gasteiger partial charge in [0.15, 0.2) is 0 Å². The second kappa shape index (κ2) is 7.18. The second-order valence-electron chi connectivity index (χ2n) is 8.61. The molecule has 0 unspecified atom stereocenters. The van der Waals surface area contributed by atoms with E-state index in [-0.39, 0.29) is 24.8 Å². The van der Waals surface area contributed by atoms with Crippen molar-refractivity contribution in [2.24, 2.45) is 0 Å². The van der Waals surface area contributed by atoms with Gasteiger partial charge in [-0.3, -0.25) is 9.08 Å². The van der Waals surface area contributed by atoms with Crippen LogP contribution in [0.4, 0.5) is 0 Å². The van der Waals surface area contributed by atoms with Crippen molar-refractivity contribution in [3.8, 4) is 28.0 Å². The van der Waals surface area contributed by atoms with Gasteiger partial charge in [0.2, 0.25) is 10.0 Å². The third-order valence-electron chi connectivity index (χ3n) is 6.25. The number of hydrogen-bond donors (Lipinski definition) is 0. The molecule has 12 heteroatoms. The Labute approximate surface area is 194 Å². The lowest BCUT2D eigenvalue weighted by Crippen LogP contribution is -2.64. The van der Waals surface area contributed by atoms with Crippen LogP contribution in [0.3, 0.4) is 0 Å². The molecule has 4 aromatic heterocycles. The topological polar surface area (TPSA) is 122 Å². The molecule has 0 bridgehead atoms. The van der Waals surface area contributed by atoms with Crippen LogP contribution in [-0.4, -0.2) is 60.2 Å². The summed E-state index contributed by atoms with van der Waals surface area (Å²) < 4.78 is 30.3. The number of rotatable bonds is 6. The number of aryl methyl sites for hydroxylation is 1. The van der Waals surface area contributed by atoms with Crippen LogP contribution in [0.2, 0.25) is 0 Å². The Hall–Kier alpha value is -3.14. The van der Waals surface area contributed by atoms with Crippen LogP contribution in [0.25, 0.3) is 27.6 Å². The fourth-order valence-corrected chi connectivity index (χ4v) is 7.01. The van der Waals surface area contributed by atoms with Gasteiger partial charge in [-0.05, 0) is 19.8 Å². The highest BCUT2D eigenvalue weighted by atomic mass is 32.2. The molecule has 33 heavy (non-hydrogen) atoms. The monoisotopic (exact) mass is 480 g/mol. The Morgan fingerprint density at radius 1 is 1.27 bits per heavy atom. The first-order chi connectivity index (χ1) is 15.9. The summed E-state index contributed by atoms with van der Waals surface area (Å²) in [4.78, 5) is 14.6. The number of thiazole rings is 1. The van der Waals surface area contributed by atoms with E-state index in [1.54, 1.807) is 34.6 Å². The third-order valence-corrected chi connectivity index (χ3v) is 9.47. The van der Waals surface area contributed by atoms with Gasteiger partial charge in [-0.15, -0.1) is 11.3 Å². The molecule has 2 aliphatic rings. The molecule has 4 aromatic rings. The first-order valence-electron chi connectivity index (χ1n) is 10.6. The summed E-state index contributed by atoms with van der Waals surface area (Å²) in [6.45, 7) is 2.47. The fourth-order valence-electron chi connectivity index (χ4n) is 4.28. The minimum atomic E-state index is -3.27. The standard InChI is InChI=1S/C21H20N8O2S2/c1-14-24-10-18(32-14)17-8-19-23-6-7-28(19)20(26-17)15-9-25-29(11-15)21(4-5-22)12-27(13-21)33(30,31)16-2-3-16/h6-11,16H,2-4,12-13H2,1H3. The maximum Gasteiger partial charge on any atom is 0.217 e. The van der Waals surface area contributed by atoms with Crippen LogP contribution in [0.15, 0.2) is 37.1 Å². The number of sulfonamides is 1. The van der Waals surface area contributed by atoms with Crippen LogP contribution in [0.1, 0.15) is 24.3 Å². The van der Waals surface area contributed by atoms with Crippen molar-refractivity contribution in [2.75, 3.05) is 13.1 Å². The summed E-state index contributed by atoms with van der Waals surface area (Å²) in [5.74, 6) is 0.672. The molecular weight excluding hydrogens is 460 g/mol. The normalized spacial score (nSPS) is 18.3. The van der Waals surface area contributed by atoms with Crippen molar-refractivity contribution >= 4 is 27.0 Å². The molecule has 0 aromatic carbocycles. The molecule has 10 nitrogen and oxygen atoms in total. The average molecular weight is 481 g/mol. The van der Waals surface area contributed by atoms with Crippen LogP contribution in [0.5, 0.6) is 0 Å². The lowest BCUT2D eigenvalue weighted by Gasteiger charge is -2.48. The summed E-state index contributed by atoms with van der Waals surface area (Å²) in [7, 11) is -3.27. The molecule has 1 saturated heterocycles. The zero-order valence-corrected chi connectivity index (χ0v) is 19.4. The zero-order valence-electron chi connectivity index (χ0n) is 17.8. The van der Waals surface area contributed by atoms with E-state index in [9.17, 15) is 13.7 Å². The Bertz CT molecular complexity index is 1520. The van der Waals surface area contributed by atoms with Crippen LogP contribution in [0, 0.1) is 18.3 Å². The van der Waals surface area contributed by atoms with Crippen molar-refractivity contribution in [1.82, 2.24) is 33.4 Å². The molecule has 0 radical (unpaired) electrons. The summed E-state index contributed by atoms with van der Waals surface area (Å²) >= 11 is 1.56. The molecule has 5 heterocycles. The molecule has 168 valence electrons. The van der Waals surface area contributed by atoms with E-state index < -0.39 is 15.6 Å². The molecule has 1 aliphatic carbocycles. The predicted octanol–water partition coefficient (Wildman–Crippen LogP) is 2.44. The van der Waals surface area contributed by atoms with Gasteiger partial charge < -0.3 is 0 Å². The number of nitrogens with zero attached hydrogens (tertiary/aromatic N) is 8. The smallest absolute Gasteiger partial charge is 0.217 e. The first-order valence-corrected chi connectivity index (χ1v) is 12.9. The van der Waals surface area contributed by atoms with Gasteiger partial charge in [0.05, 0.1) is 45.1 Å². The second-order valence-corrected chi connectivity index (χ2v) is 12.1. The van der Waals surface area contributed by atoms with Crippen LogP contribution in [-0.2, 0) is 15.6 Å². The lowest BCUT2D eigenvalue weighted by atomic mass is 9.89. The number of aromatic nitrogens is 6. The Balaban J connectivity index is 1.37. The summed E-state index contributed by atoms with van der Waals surface area (Å²) in [5.41, 5.74) is 1.63. The number of hydrogen-bond acceptors (Lipinski definition) is 8. The zero-order chi connectivity index (χ0) is 22.8. The predicted molar refractivity (Wildman–Crippen MR) is 122 cm³/mol. The highest BCUT2D eigenvalue weighted by molar-refractivity contribution is 7.90. The summed E-state index contributed by atoms with van der Waals surface area (Å²) in [6.07, 6.45) is 10.5. The van der Waals surface area contributed by atoms with E-state index in [4.69, 9.17) is 4.98 Å². The van der Waals surface area contributed by atoms with Crippen molar-refractivity contribution < 1.29 is 8.42 Å². The van der Waals surface area contributed by atoms with Crippen molar-refractivity contribution in [1.29, 1.82) is 5.26 Å². The van der Waals surface area contributed by atoms with Gasteiger partial charge in [-0.25, -0.2) is 23.4 Å². The van der Waals surface area contributed by atoms with Crippen molar-refractivity contribution in [3.05, 3.63) is 42.1 Å². The lowest BCUT2D eigenvalue weighted by molar-refractivity contribution is 0.0716. The van der Waals surface area contributed by atoms with Gasteiger partial charge in [-0.1, -0.05) is 0 Å². The fraction of sp³-hybridized carbons (Fsp3) is 0.381. The highest BCUT2D eigenvalue weighted by Crippen LogP contribution is 2.40. The van der Waals surface area contributed by atoms with Gasteiger partial charge in [-0.2, -0.15) is 14.7 Å². The maximum atomic E-state index is 12.6. The molecule has 0 N–H and O–H groups in total. The van der Waals surface area contributed by atoms with E-state index in [1.165, 1.54) is 4.31 Å². The largest absolute Gasteiger partial charge is 0.284 e. The molecule has 6 rings (SSSR count). The Morgan fingerprint density at radius 3 is 2.79 bits per heavy atom. The highest BCUT2D eigenvalue weighted by Gasteiger charge is 2.53. The first kappa shape index (κ1) is 20.5. The van der Waals surface area contributed by atoms with Crippen LogP contribution < -0.4 is 0 Å². The molecule has 2 fully saturated rings. The SMILES string of the molecule is Cc1ncc(-c2cc3nccn3c(-c3cnn(C4(CC#N)CN(S(=O)(=O)C5CC5)C4)c3)n2)s1. The van der Waals surface area contributed by atoms with Crippen LogP contribution >= 0.6 is 11.3 Å². The van der Waals surface area contributed by atoms with Gasteiger partial charge in [0.1, 0.15) is 17.0 Å². The number of imidazole rings is 1. The summed E-state index contributed by atoms with van der Waals surface area (Å²) in [5, 5.41) is 14.7. The minimum Gasteiger partial charge on any atom is -0.284 e. The quantitative estimate of drug-likeness (QED) is 0.415. The van der Waals surface area contributed by atoms with Gasteiger partial charge >= 0.3 is 0 Å². The maximum absolute atomic E-state index is 12.6. The minimum absolute atomic E-state index is 0.179. The van der Waals surface area contributed by atoms with E-state index in [0.717, 1.165) is 39.6 Å². The van der Waals surface area contributed by atoms with E-state index in [0.29, 0.717) is 5.82 Å². The average Bonchev–Trinajstić information content (AvgIpc) is 3.14. The van der Waals surface area contributed by atoms with Gasteiger partial charge in [0, 0.05) is 43.9 Å². The van der Waals surface area contributed by atoms with E-state index in [2.05, 4.69) is 21.1 Å². The molecule has 0 spiro atoms. The Morgan fingerprint density at radius 2 is 2.09 bits per heavy atom. The number of nitriles is 1. The van der Waals surface area contributed by atoms with E-state index in [1.807, 2.05) is 29.8 Å². The van der Waals surface area contributed by atoms with Gasteiger partial charge in [0.25, 0.3) is 0 Å². The third kappa shape index (κ3) is 3.26. The molecule has 1 aliphatic heterocycles. The molecule has 0 atom stereocenters. The molecule has 0 amide bonds. The van der Waals surface area contributed by atoms with E-state index >= 15 is 0 Å². The summed E-state index contributed by atoms with van der Waals surface area (Å²) in [6, 6.07) is 4.14. The molecule has 1 saturated carbocycles. The van der Waals surface area contributed by atoms with Crippen molar-refractivity contribution in [3.63, 3.8) is 0 Å². The molecular formula is C21H20N8O2S2. The number of fused-ring (bicyclic) bond motifs is 1. The Kier molecular flexibility index (Phi) is 4.45.